The van der Waals surface area contributed by atoms with Crippen LogP contribution in [-0.2, 0) is 6.42 Å². The van der Waals surface area contributed by atoms with Crippen molar-refractivity contribution in [1.82, 2.24) is 15.2 Å². The van der Waals surface area contributed by atoms with Gasteiger partial charge in [0, 0.05) is 35.2 Å². The summed E-state index contributed by atoms with van der Waals surface area (Å²) >= 11 is 0. The Morgan fingerprint density at radius 1 is 1.04 bits per heavy atom. The molecule has 1 saturated carbocycles. The number of para-hydroxylation sites is 1. The number of aromatic amines is 1. The highest BCUT2D eigenvalue weighted by Gasteiger charge is 2.55. The summed E-state index contributed by atoms with van der Waals surface area (Å²) in [4.78, 5) is 6.72. The zero-order valence-corrected chi connectivity index (χ0v) is 14.1. The summed E-state index contributed by atoms with van der Waals surface area (Å²) in [6.45, 7) is 2.50. The Morgan fingerprint density at radius 3 is 2.92 bits per heavy atom. The fourth-order valence-electron chi connectivity index (χ4n) is 6.48. The minimum atomic E-state index is 0. The molecule has 1 aliphatic carbocycles. The quantitative estimate of drug-likeness (QED) is 0.781. The lowest BCUT2D eigenvalue weighted by molar-refractivity contribution is -0.0920. The summed E-state index contributed by atoms with van der Waals surface area (Å²) in [5.74, 6) is 1.71. The molecule has 0 radical (unpaired) electrons. The second-order valence-electron chi connectivity index (χ2n) is 8.09. The Morgan fingerprint density at radius 2 is 1.96 bits per heavy atom. The van der Waals surface area contributed by atoms with Gasteiger partial charge in [-0.05, 0) is 62.1 Å². The normalized spacial score (nSPS) is 37.4. The van der Waals surface area contributed by atoms with Crippen LogP contribution in [0.3, 0.4) is 0 Å². The molecule has 4 N–H and O–H groups in total. The van der Waals surface area contributed by atoms with Crippen LogP contribution in [0.15, 0.2) is 24.3 Å². The Labute approximate surface area is 142 Å². The van der Waals surface area contributed by atoms with Crippen LogP contribution < -0.4 is 5.32 Å². The van der Waals surface area contributed by atoms with Crippen molar-refractivity contribution in [3.05, 3.63) is 35.5 Å². The smallest absolute Gasteiger partial charge is 0.0547 e. The summed E-state index contributed by atoms with van der Waals surface area (Å²) in [7, 11) is 0. The highest BCUT2D eigenvalue weighted by atomic mass is 16.0. The highest BCUT2D eigenvalue weighted by Crippen LogP contribution is 2.54. The number of benzene rings is 1. The first-order valence-electron chi connectivity index (χ1n) is 9.50. The molecule has 24 heavy (non-hydrogen) atoms. The van der Waals surface area contributed by atoms with E-state index in [0.717, 1.165) is 23.9 Å². The molecule has 4 fully saturated rings. The predicted molar refractivity (Wildman–Crippen MR) is 96.1 cm³/mol. The maximum absolute atomic E-state index is 3.91. The zero-order chi connectivity index (χ0) is 15.0. The van der Waals surface area contributed by atoms with E-state index in [1.807, 2.05) is 0 Å². The van der Waals surface area contributed by atoms with Crippen molar-refractivity contribution in [2.24, 2.45) is 11.8 Å². The van der Waals surface area contributed by atoms with Crippen LogP contribution in [0.25, 0.3) is 10.9 Å². The number of hydrogen-bond donors (Lipinski definition) is 2. The molecule has 1 aromatic heterocycles. The second-order valence-corrected chi connectivity index (χ2v) is 8.09. The number of nitrogens with one attached hydrogen (secondary N) is 2. The predicted octanol–water partition coefficient (Wildman–Crippen LogP) is 2.40. The number of fused-ring (bicyclic) bond motifs is 4. The van der Waals surface area contributed by atoms with Crippen molar-refractivity contribution in [2.45, 2.75) is 50.2 Å². The molecule has 0 amide bonds. The van der Waals surface area contributed by atoms with Crippen molar-refractivity contribution in [3.63, 3.8) is 0 Å². The van der Waals surface area contributed by atoms with Gasteiger partial charge in [-0.3, -0.25) is 4.90 Å². The van der Waals surface area contributed by atoms with Gasteiger partial charge < -0.3 is 15.8 Å². The average molecular weight is 325 g/mol. The maximum atomic E-state index is 3.91. The number of hydrogen-bond acceptors (Lipinski definition) is 2. The van der Waals surface area contributed by atoms with E-state index < -0.39 is 0 Å². The fourth-order valence-corrected chi connectivity index (χ4v) is 6.48. The van der Waals surface area contributed by atoms with Gasteiger partial charge in [0.15, 0.2) is 0 Å². The molecular formula is C20H27N3O. The molecule has 0 unspecified atom stereocenters. The molecule has 2 aromatic rings. The van der Waals surface area contributed by atoms with Crippen LogP contribution in [0.2, 0.25) is 0 Å². The Kier molecular flexibility index (Phi) is 3.31. The van der Waals surface area contributed by atoms with Crippen molar-refractivity contribution in [1.29, 1.82) is 0 Å². The van der Waals surface area contributed by atoms with E-state index in [1.54, 1.807) is 11.3 Å². The number of aromatic nitrogens is 1. The topological polar surface area (TPSA) is 62.6 Å². The standard InChI is InChI=1S/C20H25N3.H2O/c1-2-6-16-12(4-1)13-9-11-23-17-8-7-15(20(23)19(13)22-16)18-14(17)5-3-10-21-18;/h1-2,4,6,14-15,17-18,20-22H,3,5,7-11H2;1H2/t14-,15-,17+,18-,20+;/m0./s1. The van der Waals surface area contributed by atoms with Gasteiger partial charge in [0.05, 0.1) is 6.04 Å². The molecule has 2 bridgehead atoms. The molecule has 4 heteroatoms. The lowest BCUT2D eigenvalue weighted by Gasteiger charge is -2.61. The van der Waals surface area contributed by atoms with E-state index in [9.17, 15) is 0 Å². The number of rotatable bonds is 0. The number of nitrogens with zero attached hydrogens (tertiary/aromatic N) is 1. The second kappa shape index (κ2) is 5.32. The maximum Gasteiger partial charge on any atom is 0.0547 e. The molecule has 5 aliphatic rings. The lowest BCUT2D eigenvalue weighted by atomic mass is 9.61. The van der Waals surface area contributed by atoms with Gasteiger partial charge in [-0.2, -0.15) is 0 Å². The third kappa shape index (κ3) is 1.79. The van der Waals surface area contributed by atoms with Crippen molar-refractivity contribution in [2.75, 3.05) is 13.1 Å². The van der Waals surface area contributed by atoms with Crippen molar-refractivity contribution >= 4 is 10.9 Å². The van der Waals surface area contributed by atoms with Crippen LogP contribution in [0, 0.1) is 11.8 Å². The van der Waals surface area contributed by atoms with Crippen LogP contribution in [0.4, 0.5) is 0 Å². The van der Waals surface area contributed by atoms with E-state index >= 15 is 0 Å². The Hall–Kier alpha value is -1.36. The first-order valence-corrected chi connectivity index (χ1v) is 9.50. The van der Waals surface area contributed by atoms with E-state index in [-0.39, 0.29) is 5.48 Å². The van der Waals surface area contributed by atoms with Crippen LogP contribution in [0.5, 0.6) is 0 Å². The lowest BCUT2D eigenvalue weighted by Crippen LogP contribution is -2.67. The Balaban J connectivity index is 0.00000131. The SMILES string of the molecule is O.c1ccc2c3c([nH]c2c1)[C@H]1[C@H]2CC[C@H]([C@@H]4CCCN[C@@H]42)N1CC3. The number of piperidine rings is 3. The van der Waals surface area contributed by atoms with E-state index in [0.29, 0.717) is 6.04 Å². The van der Waals surface area contributed by atoms with E-state index in [2.05, 4.69) is 39.5 Å². The van der Waals surface area contributed by atoms with E-state index in [1.165, 1.54) is 56.1 Å². The van der Waals surface area contributed by atoms with Gasteiger partial charge in [0.25, 0.3) is 0 Å². The Bertz CT molecular complexity index is 769. The molecule has 3 saturated heterocycles. The monoisotopic (exact) mass is 325 g/mol. The van der Waals surface area contributed by atoms with Gasteiger partial charge in [-0.25, -0.2) is 0 Å². The molecule has 4 nitrogen and oxygen atoms in total. The van der Waals surface area contributed by atoms with Crippen LogP contribution in [0.1, 0.15) is 43.0 Å². The molecule has 5 atom stereocenters. The molecule has 5 heterocycles. The fraction of sp³-hybridized carbons (Fsp3) is 0.600. The van der Waals surface area contributed by atoms with Crippen molar-refractivity contribution < 1.29 is 5.48 Å². The first kappa shape index (κ1) is 14.9. The first-order chi connectivity index (χ1) is 11.4. The summed E-state index contributed by atoms with van der Waals surface area (Å²) in [5, 5.41) is 5.38. The molecule has 7 rings (SSSR count). The third-order valence-electron chi connectivity index (χ3n) is 7.26. The van der Waals surface area contributed by atoms with Gasteiger partial charge in [0.2, 0.25) is 0 Å². The summed E-state index contributed by atoms with van der Waals surface area (Å²) < 4.78 is 0. The largest absolute Gasteiger partial charge is 0.412 e. The summed E-state index contributed by atoms with van der Waals surface area (Å²) in [6, 6.07) is 11.1. The molecule has 128 valence electrons. The highest BCUT2D eigenvalue weighted by molar-refractivity contribution is 5.85. The third-order valence-corrected chi connectivity index (χ3v) is 7.26. The van der Waals surface area contributed by atoms with Crippen LogP contribution >= 0.6 is 0 Å². The van der Waals surface area contributed by atoms with Gasteiger partial charge in [0.1, 0.15) is 0 Å². The van der Waals surface area contributed by atoms with Gasteiger partial charge in [-0.1, -0.05) is 18.2 Å². The molecule has 4 aliphatic heterocycles. The zero-order valence-electron chi connectivity index (χ0n) is 14.1. The van der Waals surface area contributed by atoms with E-state index in [4.69, 9.17) is 0 Å². The van der Waals surface area contributed by atoms with Gasteiger partial charge in [-0.15, -0.1) is 0 Å². The minimum Gasteiger partial charge on any atom is -0.412 e. The average Bonchev–Trinajstić information content (AvgIpc) is 3.01. The molecule has 0 spiro atoms. The minimum absolute atomic E-state index is 0. The summed E-state index contributed by atoms with van der Waals surface area (Å²) in [5.41, 5.74) is 4.51. The molecular weight excluding hydrogens is 298 g/mol. The van der Waals surface area contributed by atoms with Crippen molar-refractivity contribution in [3.8, 4) is 0 Å². The number of H-pyrrole nitrogens is 1. The summed E-state index contributed by atoms with van der Waals surface area (Å²) in [6.07, 6.45) is 6.89. The molecule has 1 aromatic carbocycles. The van der Waals surface area contributed by atoms with Crippen LogP contribution in [-0.4, -0.2) is 40.5 Å². The van der Waals surface area contributed by atoms with Gasteiger partial charge >= 0.3 is 0 Å².